The van der Waals surface area contributed by atoms with Crippen molar-refractivity contribution >= 4 is 49.8 Å². The lowest BCUT2D eigenvalue weighted by atomic mass is 10.2. The van der Waals surface area contributed by atoms with Crippen LogP contribution in [0.3, 0.4) is 0 Å². The molecule has 12 heteroatoms. The van der Waals surface area contributed by atoms with Gasteiger partial charge >= 0.3 is 0 Å². The number of thioether (sulfide) groups is 1. The van der Waals surface area contributed by atoms with Crippen LogP contribution in [0.5, 0.6) is 11.5 Å². The number of sulfonamides is 1. The van der Waals surface area contributed by atoms with Crippen LogP contribution < -0.4 is 19.1 Å². The van der Waals surface area contributed by atoms with E-state index in [-0.39, 0.29) is 21.5 Å². The molecule has 0 spiro atoms. The smallest absolute Gasteiger partial charge is 0.264 e. The van der Waals surface area contributed by atoms with E-state index < -0.39 is 22.5 Å². The summed E-state index contributed by atoms with van der Waals surface area (Å²) in [5.41, 5.74) is 1.08. The molecule has 0 radical (unpaired) electrons. The van der Waals surface area contributed by atoms with Crippen molar-refractivity contribution in [2.45, 2.75) is 16.2 Å². The Kier molecular flexibility index (Phi) is 7.59. The van der Waals surface area contributed by atoms with Gasteiger partial charge < -0.3 is 9.47 Å². The Hall–Kier alpha value is -2.83. The minimum atomic E-state index is -4.12. The van der Waals surface area contributed by atoms with E-state index in [1.54, 1.807) is 24.3 Å². The molecule has 3 aromatic rings. The maximum Gasteiger partial charge on any atom is 0.264 e. The highest BCUT2D eigenvalue weighted by atomic mass is 32.2. The highest BCUT2D eigenvalue weighted by Crippen LogP contribution is 2.35. The van der Waals surface area contributed by atoms with E-state index in [1.165, 1.54) is 55.5 Å². The van der Waals surface area contributed by atoms with Gasteiger partial charge in [0.25, 0.3) is 10.0 Å². The van der Waals surface area contributed by atoms with Crippen molar-refractivity contribution < 1.29 is 22.7 Å². The van der Waals surface area contributed by atoms with Crippen molar-refractivity contribution in [2.75, 3.05) is 36.6 Å². The van der Waals surface area contributed by atoms with Gasteiger partial charge in [-0.05, 0) is 37.4 Å². The number of nitrogens with zero attached hydrogens (tertiary/aromatic N) is 3. The van der Waals surface area contributed by atoms with Crippen LogP contribution in [-0.2, 0) is 14.8 Å². The fraction of sp³-hybridized carbons (Fsp3) is 0.250. The first-order chi connectivity index (χ1) is 15.3. The number of carbonyl (C=O) groups is 1. The largest absolute Gasteiger partial charge is 0.497 e. The lowest BCUT2D eigenvalue weighted by molar-refractivity contribution is -0.114. The maximum atomic E-state index is 13.6. The molecule has 1 amide bonds. The van der Waals surface area contributed by atoms with Crippen molar-refractivity contribution in [1.29, 1.82) is 0 Å². The third kappa shape index (κ3) is 5.31. The topological polar surface area (TPSA) is 111 Å². The van der Waals surface area contributed by atoms with E-state index in [1.807, 2.05) is 13.2 Å². The van der Waals surface area contributed by atoms with Gasteiger partial charge in [-0.15, -0.1) is 10.2 Å². The first kappa shape index (κ1) is 23.8. The van der Waals surface area contributed by atoms with E-state index >= 15 is 0 Å². The average molecular weight is 495 g/mol. The van der Waals surface area contributed by atoms with Crippen molar-refractivity contribution in [1.82, 2.24) is 10.2 Å². The van der Waals surface area contributed by atoms with Gasteiger partial charge in [-0.3, -0.25) is 14.4 Å². The molecule has 0 unspecified atom stereocenters. The van der Waals surface area contributed by atoms with Gasteiger partial charge in [-0.25, -0.2) is 8.42 Å². The van der Waals surface area contributed by atoms with Crippen LogP contribution in [0.2, 0.25) is 0 Å². The zero-order valence-corrected chi connectivity index (χ0v) is 20.3. The number of benzene rings is 2. The Morgan fingerprint density at radius 1 is 1.12 bits per heavy atom. The molecular formula is C20H22N4O5S3. The molecule has 3 rings (SSSR count). The highest BCUT2D eigenvalue weighted by molar-refractivity contribution is 8.00. The summed E-state index contributed by atoms with van der Waals surface area (Å²) in [6, 6.07) is 11.1. The number of aromatic nitrogens is 2. The molecule has 0 saturated heterocycles. The van der Waals surface area contributed by atoms with Gasteiger partial charge in [0.15, 0.2) is 4.34 Å². The van der Waals surface area contributed by atoms with E-state index in [4.69, 9.17) is 9.47 Å². The minimum absolute atomic E-state index is 0.0429. The first-order valence-corrected chi connectivity index (χ1v) is 12.8. The number of nitrogens with one attached hydrogen (secondary N) is 1. The number of carbonyl (C=O) groups excluding carboxylic acids is 1. The molecule has 0 aliphatic heterocycles. The second kappa shape index (κ2) is 10.2. The molecule has 2 aromatic carbocycles. The van der Waals surface area contributed by atoms with Crippen LogP contribution in [0, 0.1) is 6.92 Å². The van der Waals surface area contributed by atoms with Crippen LogP contribution in [0.4, 0.5) is 10.8 Å². The molecule has 0 saturated carbocycles. The normalized spacial score (nSPS) is 11.1. The summed E-state index contributed by atoms with van der Waals surface area (Å²) >= 11 is 2.60. The van der Waals surface area contributed by atoms with Crippen LogP contribution in [0.15, 0.2) is 51.7 Å². The van der Waals surface area contributed by atoms with E-state index in [9.17, 15) is 13.2 Å². The van der Waals surface area contributed by atoms with Gasteiger partial charge in [0.2, 0.25) is 11.0 Å². The summed E-state index contributed by atoms with van der Waals surface area (Å²) in [4.78, 5) is 12.9. The van der Waals surface area contributed by atoms with Crippen LogP contribution >= 0.6 is 23.1 Å². The molecule has 9 nitrogen and oxygen atoms in total. The Balaban J connectivity index is 2.03. The summed E-state index contributed by atoms with van der Waals surface area (Å²) in [5.74, 6) is 0.114. The van der Waals surface area contributed by atoms with Gasteiger partial charge in [-0.2, -0.15) is 0 Å². The summed E-state index contributed by atoms with van der Waals surface area (Å²) in [7, 11) is -1.22. The van der Waals surface area contributed by atoms with Crippen molar-refractivity contribution in [2.24, 2.45) is 0 Å². The second-order valence-electron chi connectivity index (χ2n) is 6.49. The molecule has 1 aromatic heterocycles. The Morgan fingerprint density at radius 3 is 2.44 bits per heavy atom. The molecule has 1 heterocycles. The molecule has 0 bridgehead atoms. The lowest BCUT2D eigenvalue weighted by Crippen LogP contribution is -2.38. The minimum Gasteiger partial charge on any atom is -0.497 e. The number of methoxy groups -OCH3 is 2. The predicted molar refractivity (Wildman–Crippen MR) is 126 cm³/mol. The van der Waals surface area contributed by atoms with Crippen LogP contribution in [-0.4, -0.2) is 51.5 Å². The third-order valence-electron chi connectivity index (χ3n) is 4.38. The molecule has 0 atom stereocenters. The molecule has 32 heavy (non-hydrogen) atoms. The third-order valence-corrected chi connectivity index (χ3v) is 7.97. The standard InChI is InChI=1S/C20H22N4O5S3/c1-13-5-8-15(9-6-13)32(26,27)24(16-11-14(28-2)7-10-17(16)29-3)12-18(25)21-19-22-23-20(30-4)31-19/h5-11H,12H2,1-4H3,(H,21,22,25). The first-order valence-electron chi connectivity index (χ1n) is 9.27. The van der Waals surface area contributed by atoms with Gasteiger partial charge in [0.05, 0.1) is 24.8 Å². The number of anilines is 2. The quantitative estimate of drug-likeness (QED) is 0.356. The molecule has 170 valence electrons. The molecule has 1 N–H and O–H groups in total. The summed E-state index contributed by atoms with van der Waals surface area (Å²) in [6.07, 6.45) is 1.84. The summed E-state index contributed by atoms with van der Waals surface area (Å²) < 4.78 is 39.4. The van der Waals surface area contributed by atoms with Gasteiger partial charge in [0, 0.05) is 6.07 Å². The molecule has 0 aliphatic carbocycles. The Labute approximate surface area is 194 Å². The zero-order valence-electron chi connectivity index (χ0n) is 17.9. The highest BCUT2D eigenvalue weighted by Gasteiger charge is 2.30. The molecular weight excluding hydrogens is 472 g/mol. The van der Waals surface area contributed by atoms with Crippen molar-refractivity contribution in [3.63, 3.8) is 0 Å². The second-order valence-corrected chi connectivity index (χ2v) is 10.4. The fourth-order valence-corrected chi connectivity index (χ4v) is 5.37. The number of hydrogen-bond acceptors (Lipinski definition) is 9. The number of amides is 1. The summed E-state index contributed by atoms with van der Waals surface area (Å²) in [6.45, 7) is 1.35. The van der Waals surface area contributed by atoms with Crippen LogP contribution in [0.1, 0.15) is 5.56 Å². The average Bonchev–Trinajstić information content (AvgIpc) is 3.24. The van der Waals surface area contributed by atoms with E-state index in [0.29, 0.717) is 10.1 Å². The number of ether oxygens (including phenoxy) is 2. The predicted octanol–water partition coefficient (Wildman–Crippen LogP) is 3.42. The zero-order chi connectivity index (χ0) is 23.3. The van der Waals surface area contributed by atoms with Gasteiger partial charge in [0.1, 0.15) is 18.0 Å². The Morgan fingerprint density at radius 2 is 1.84 bits per heavy atom. The molecule has 0 fully saturated rings. The lowest BCUT2D eigenvalue weighted by Gasteiger charge is -2.26. The number of aryl methyl sites for hydroxylation is 1. The summed E-state index contributed by atoms with van der Waals surface area (Å²) in [5, 5.41) is 10.7. The molecule has 0 aliphatic rings. The maximum absolute atomic E-state index is 13.6. The van der Waals surface area contributed by atoms with Crippen molar-refractivity contribution in [3.05, 3.63) is 48.0 Å². The number of hydrogen-bond donors (Lipinski definition) is 1. The van der Waals surface area contributed by atoms with E-state index in [2.05, 4.69) is 15.5 Å². The van der Waals surface area contributed by atoms with E-state index in [0.717, 1.165) is 9.87 Å². The van der Waals surface area contributed by atoms with Gasteiger partial charge in [-0.1, -0.05) is 40.8 Å². The Bertz CT molecular complexity index is 1200. The van der Waals surface area contributed by atoms with Crippen molar-refractivity contribution in [3.8, 4) is 11.5 Å². The van der Waals surface area contributed by atoms with Crippen LogP contribution in [0.25, 0.3) is 0 Å². The fourth-order valence-electron chi connectivity index (χ4n) is 2.76. The monoisotopic (exact) mass is 494 g/mol. The number of rotatable bonds is 9. The SMILES string of the molecule is COc1ccc(OC)c(N(CC(=O)Nc2nnc(SC)s2)S(=O)(=O)c2ccc(C)cc2)c1.